The highest BCUT2D eigenvalue weighted by molar-refractivity contribution is 5.98. The Hall–Kier alpha value is -3.74. The van der Waals surface area contributed by atoms with Crippen molar-refractivity contribution in [1.29, 1.82) is 0 Å². The maximum Gasteiger partial charge on any atom is 0.274 e. The lowest BCUT2D eigenvalue weighted by molar-refractivity contribution is 0.0943. The number of furan rings is 1. The van der Waals surface area contributed by atoms with Crippen LogP contribution in [0.25, 0.3) is 16.9 Å². The lowest BCUT2D eigenvalue weighted by Gasteiger charge is -2.08. The Labute approximate surface area is 149 Å². The summed E-state index contributed by atoms with van der Waals surface area (Å²) in [4.78, 5) is 16.8. The number of nitrogens with one attached hydrogen (secondary N) is 1. The van der Waals surface area contributed by atoms with Gasteiger partial charge in [-0.1, -0.05) is 23.4 Å². The molecule has 4 rings (SSSR count). The number of hydrogen-bond acceptors (Lipinski definition) is 5. The monoisotopic (exact) mass is 345 g/mol. The number of para-hydroxylation sites is 1. The summed E-state index contributed by atoms with van der Waals surface area (Å²) in [5.41, 5.74) is 2.38. The molecule has 0 bridgehead atoms. The number of nitrogens with zero attached hydrogens (tertiary/aromatic N) is 4. The van der Waals surface area contributed by atoms with Gasteiger partial charge < -0.3 is 9.73 Å². The molecule has 26 heavy (non-hydrogen) atoms. The van der Waals surface area contributed by atoms with E-state index in [1.807, 2.05) is 42.5 Å². The first kappa shape index (κ1) is 15.8. The zero-order valence-electron chi connectivity index (χ0n) is 13.7. The molecule has 3 heterocycles. The van der Waals surface area contributed by atoms with E-state index in [-0.39, 0.29) is 18.1 Å². The second-order valence-electron chi connectivity index (χ2n) is 5.54. The van der Waals surface area contributed by atoms with Gasteiger partial charge in [-0.15, -0.1) is 5.10 Å². The van der Waals surface area contributed by atoms with Gasteiger partial charge in [0, 0.05) is 18.0 Å². The summed E-state index contributed by atoms with van der Waals surface area (Å²) in [6.45, 7) is 0.274. The fourth-order valence-corrected chi connectivity index (χ4v) is 2.61. The maximum atomic E-state index is 12.7. The van der Waals surface area contributed by atoms with E-state index in [4.69, 9.17) is 4.42 Å². The van der Waals surface area contributed by atoms with Crippen LogP contribution >= 0.6 is 0 Å². The molecule has 0 atom stereocenters. The van der Waals surface area contributed by atoms with E-state index in [1.165, 1.54) is 0 Å². The summed E-state index contributed by atoms with van der Waals surface area (Å²) in [6, 6.07) is 16.8. The average Bonchev–Trinajstić information content (AvgIpc) is 3.37. The molecule has 0 aliphatic heterocycles. The first-order chi connectivity index (χ1) is 12.8. The van der Waals surface area contributed by atoms with Crippen LogP contribution in [0.3, 0.4) is 0 Å². The van der Waals surface area contributed by atoms with E-state index in [0.717, 1.165) is 11.3 Å². The van der Waals surface area contributed by atoms with Gasteiger partial charge in [0.2, 0.25) is 0 Å². The second-order valence-corrected chi connectivity index (χ2v) is 5.54. The van der Waals surface area contributed by atoms with Gasteiger partial charge in [-0.25, -0.2) is 4.68 Å². The van der Waals surface area contributed by atoms with Crippen molar-refractivity contribution in [2.24, 2.45) is 0 Å². The molecular weight excluding hydrogens is 330 g/mol. The maximum absolute atomic E-state index is 12.7. The molecule has 0 unspecified atom stereocenters. The molecule has 0 spiro atoms. The smallest absolute Gasteiger partial charge is 0.274 e. The van der Waals surface area contributed by atoms with Crippen LogP contribution in [0.2, 0.25) is 0 Å². The highest BCUT2D eigenvalue weighted by atomic mass is 16.3. The van der Waals surface area contributed by atoms with Crippen LogP contribution in [0, 0.1) is 0 Å². The molecule has 4 aromatic rings. The van der Waals surface area contributed by atoms with Gasteiger partial charge >= 0.3 is 0 Å². The van der Waals surface area contributed by atoms with Crippen LogP contribution < -0.4 is 5.32 Å². The molecule has 0 fully saturated rings. The van der Waals surface area contributed by atoms with Crippen molar-refractivity contribution in [3.05, 3.63) is 84.7 Å². The van der Waals surface area contributed by atoms with Gasteiger partial charge in [0.1, 0.15) is 11.5 Å². The minimum Gasteiger partial charge on any atom is -0.467 e. The van der Waals surface area contributed by atoms with E-state index >= 15 is 0 Å². The Morgan fingerprint density at radius 3 is 2.69 bits per heavy atom. The number of benzene rings is 1. The zero-order chi connectivity index (χ0) is 17.8. The number of carbonyl (C=O) groups is 1. The highest BCUT2D eigenvalue weighted by Crippen LogP contribution is 2.24. The first-order valence-corrected chi connectivity index (χ1v) is 8.05. The number of aromatic nitrogens is 4. The number of pyridine rings is 1. The van der Waals surface area contributed by atoms with Gasteiger partial charge in [0.15, 0.2) is 5.69 Å². The average molecular weight is 345 g/mol. The van der Waals surface area contributed by atoms with Crippen LogP contribution in [0.15, 0.2) is 77.7 Å². The molecule has 128 valence electrons. The van der Waals surface area contributed by atoms with Crippen LogP contribution in [-0.2, 0) is 6.54 Å². The summed E-state index contributed by atoms with van der Waals surface area (Å²) >= 11 is 0. The topological polar surface area (TPSA) is 85.8 Å². The quantitative estimate of drug-likeness (QED) is 0.601. The number of rotatable bonds is 5. The Kier molecular flexibility index (Phi) is 4.26. The summed E-state index contributed by atoms with van der Waals surface area (Å²) in [5, 5.41) is 11.1. The molecule has 0 radical (unpaired) electrons. The van der Waals surface area contributed by atoms with Crippen LogP contribution in [0.1, 0.15) is 16.2 Å². The van der Waals surface area contributed by atoms with Gasteiger partial charge in [0.05, 0.1) is 18.5 Å². The highest BCUT2D eigenvalue weighted by Gasteiger charge is 2.22. The van der Waals surface area contributed by atoms with E-state index in [1.54, 1.807) is 35.5 Å². The number of amides is 1. The third-order valence-corrected chi connectivity index (χ3v) is 3.82. The predicted molar refractivity (Wildman–Crippen MR) is 94.5 cm³/mol. The minimum atomic E-state index is -0.331. The van der Waals surface area contributed by atoms with Crippen LogP contribution in [0.5, 0.6) is 0 Å². The van der Waals surface area contributed by atoms with Gasteiger partial charge in [-0.05, 0) is 36.4 Å². The molecule has 0 aliphatic rings. The van der Waals surface area contributed by atoms with Crippen molar-refractivity contribution in [1.82, 2.24) is 25.3 Å². The Morgan fingerprint density at radius 1 is 1.08 bits per heavy atom. The van der Waals surface area contributed by atoms with Crippen LogP contribution in [0.4, 0.5) is 0 Å². The van der Waals surface area contributed by atoms with Gasteiger partial charge in [-0.2, -0.15) is 0 Å². The molecule has 7 heteroatoms. The Morgan fingerprint density at radius 2 is 1.96 bits per heavy atom. The van der Waals surface area contributed by atoms with E-state index < -0.39 is 0 Å². The lowest BCUT2D eigenvalue weighted by atomic mass is 10.1. The molecule has 7 nitrogen and oxygen atoms in total. The first-order valence-electron chi connectivity index (χ1n) is 8.05. The summed E-state index contributed by atoms with van der Waals surface area (Å²) in [5.74, 6) is 0.333. The molecule has 1 amide bonds. The van der Waals surface area contributed by atoms with E-state index in [2.05, 4.69) is 20.6 Å². The number of hydrogen-bond donors (Lipinski definition) is 1. The van der Waals surface area contributed by atoms with Crippen molar-refractivity contribution in [3.8, 4) is 16.9 Å². The van der Waals surface area contributed by atoms with Crippen molar-refractivity contribution in [2.45, 2.75) is 6.54 Å². The molecule has 0 saturated heterocycles. The summed E-state index contributed by atoms with van der Waals surface area (Å²) in [7, 11) is 0. The van der Waals surface area contributed by atoms with Crippen molar-refractivity contribution in [3.63, 3.8) is 0 Å². The third kappa shape index (κ3) is 3.10. The van der Waals surface area contributed by atoms with E-state index in [9.17, 15) is 4.79 Å². The van der Waals surface area contributed by atoms with E-state index in [0.29, 0.717) is 11.5 Å². The Balaban J connectivity index is 1.72. The van der Waals surface area contributed by atoms with Gasteiger partial charge in [0.25, 0.3) is 5.91 Å². The predicted octanol–water partition coefficient (Wildman–Crippen LogP) is 2.85. The molecule has 1 aromatic carbocycles. The summed E-state index contributed by atoms with van der Waals surface area (Å²) in [6.07, 6.45) is 4.92. The Bertz CT molecular complexity index is 995. The standard InChI is InChI=1S/C19H15N5O2/c25-19(21-13-16-9-5-11-26-16)17-18(14-6-4-10-20-12-14)24(23-22-17)15-7-2-1-3-8-15/h1-12H,13H2,(H,21,25). The summed E-state index contributed by atoms with van der Waals surface area (Å²) < 4.78 is 6.88. The fourth-order valence-electron chi connectivity index (χ4n) is 2.61. The normalized spacial score (nSPS) is 10.6. The van der Waals surface area contributed by atoms with Crippen molar-refractivity contribution >= 4 is 5.91 Å². The molecular formula is C19H15N5O2. The number of carbonyl (C=O) groups excluding carboxylic acids is 1. The molecule has 0 saturated carbocycles. The van der Waals surface area contributed by atoms with Crippen molar-refractivity contribution in [2.75, 3.05) is 0 Å². The lowest BCUT2D eigenvalue weighted by Crippen LogP contribution is -2.23. The van der Waals surface area contributed by atoms with Crippen LogP contribution in [-0.4, -0.2) is 25.9 Å². The minimum absolute atomic E-state index is 0.230. The molecule has 3 aromatic heterocycles. The molecule has 0 aliphatic carbocycles. The second kappa shape index (κ2) is 7.02. The zero-order valence-corrected chi connectivity index (χ0v) is 13.7. The largest absolute Gasteiger partial charge is 0.467 e. The third-order valence-electron chi connectivity index (χ3n) is 3.82. The molecule has 1 N–H and O–H groups in total. The van der Waals surface area contributed by atoms with Gasteiger partial charge in [-0.3, -0.25) is 9.78 Å². The SMILES string of the molecule is O=C(NCc1ccco1)c1nnn(-c2ccccc2)c1-c1cccnc1. The fraction of sp³-hybridized carbons (Fsp3) is 0.0526. The van der Waals surface area contributed by atoms with Crippen molar-refractivity contribution < 1.29 is 9.21 Å².